The van der Waals surface area contributed by atoms with E-state index in [-0.39, 0.29) is 5.56 Å². The third-order valence-electron chi connectivity index (χ3n) is 3.30. The molecule has 0 saturated heterocycles. The van der Waals surface area contributed by atoms with Crippen LogP contribution in [0.15, 0.2) is 23.0 Å². The van der Waals surface area contributed by atoms with Crippen LogP contribution in [0.1, 0.15) is 22.4 Å². The van der Waals surface area contributed by atoms with Crippen molar-refractivity contribution in [3.63, 3.8) is 0 Å². The molecule has 0 spiro atoms. The molecule has 1 aliphatic rings. The van der Waals surface area contributed by atoms with Crippen molar-refractivity contribution < 1.29 is 0 Å². The van der Waals surface area contributed by atoms with E-state index in [1.165, 1.54) is 0 Å². The fourth-order valence-electron chi connectivity index (χ4n) is 2.37. The molecule has 1 N–H and O–H groups in total. The Morgan fingerprint density at radius 2 is 1.94 bits per heavy atom. The van der Waals surface area contributed by atoms with E-state index in [2.05, 4.69) is 9.97 Å². The van der Waals surface area contributed by atoms with Crippen LogP contribution in [0.3, 0.4) is 0 Å². The van der Waals surface area contributed by atoms with Crippen LogP contribution in [0.2, 0.25) is 0 Å². The molecular formula is C14H14N2OS. The first-order chi connectivity index (χ1) is 8.66. The van der Waals surface area contributed by atoms with Crippen molar-refractivity contribution in [3.8, 4) is 11.4 Å². The van der Waals surface area contributed by atoms with Gasteiger partial charge in [0.2, 0.25) is 0 Å². The summed E-state index contributed by atoms with van der Waals surface area (Å²) in [4.78, 5) is 19.6. The van der Waals surface area contributed by atoms with Crippen molar-refractivity contribution in [2.45, 2.75) is 25.4 Å². The van der Waals surface area contributed by atoms with Crippen LogP contribution in [0.4, 0.5) is 0 Å². The second-order valence-corrected chi connectivity index (χ2v) is 5.58. The highest BCUT2D eigenvalue weighted by molar-refractivity contribution is 7.98. The van der Waals surface area contributed by atoms with E-state index < -0.39 is 0 Å². The second kappa shape index (κ2) is 4.28. The Hall–Kier alpha value is -1.55. The highest BCUT2D eigenvalue weighted by atomic mass is 32.2. The third kappa shape index (κ3) is 1.77. The van der Waals surface area contributed by atoms with Gasteiger partial charge < -0.3 is 4.98 Å². The van der Waals surface area contributed by atoms with E-state index >= 15 is 0 Å². The van der Waals surface area contributed by atoms with Gasteiger partial charge in [-0.25, -0.2) is 4.98 Å². The molecule has 0 bridgehead atoms. The van der Waals surface area contributed by atoms with Crippen LogP contribution in [0.25, 0.3) is 11.4 Å². The first-order valence-electron chi connectivity index (χ1n) is 5.93. The molecule has 3 nitrogen and oxygen atoms in total. The summed E-state index contributed by atoms with van der Waals surface area (Å²) in [5.41, 5.74) is 5.14. The van der Waals surface area contributed by atoms with Gasteiger partial charge in [0, 0.05) is 22.6 Å². The Kier molecular flexibility index (Phi) is 2.74. The summed E-state index contributed by atoms with van der Waals surface area (Å²) in [5, 5.41) is 0. The van der Waals surface area contributed by atoms with Gasteiger partial charge in [0.1, 0.15) is 5.82 Å². The molecule has 0 radical (unpaired) electrons. The molecule has 0 aliphatic carbocycles. The maximum absolute atomic E-state index is 12.0. The maximum atomic E-state index is 12.0. The largest absolute Gasteiger partial charge is 0.306 e. The van der Waals surface area contributed by atoms with Crippen LogP contribution < -0.4 is 5.56 Å². The Morgan fingerprint density at radius 1 is 1.22 bits per heavy atom. The zero-order valence-corrected chi connectivity index (χ0v) is 11.2. The minimum atomic E-state index is 0.0163. The first kappa shape index (κ1) is 11.5. The van der Waals surface area contributed by atoms with E-state index in [4.69, 9.17) is 0 Å². The molecule has 0 saturated carbocycles. The number of aromatic nitrogens is 2. The quantitative estimate of drug-likeness (QED) is 0.855. The Bertz CT molecular complexity index is 656. The lowest BCUT2D eigenvalue weighted by Gasteiger charge is -2.09. The predicted molar refractivity (Wildman–Crippen MR) is 74.8 cm³/mol. The lowest BCUT2D eigenvalue weighted by Crippen LogP contribution is -2.15. The highest BCUT2D eigenvalue weighted by Crippen LogP contribution is 2.29. The molecule has 1 aliphatic heterocycles. The van der Waals surface area contributed by atoms with Gasteiger partial charge >= 0.3 is 0 Å². The van der Waals surface area contributed by atoms with Crippen molar-refractivity contribution in [3.05, 3.63) is 50.9 Å². The molecule has 18 heavy (non-hydrogen) atoms. The van der Waals surface area contributed by atoms with Crippen molar-refractivity contribution in [1.29, 1.82) is 0 Å². The normalized spacial score (nSPS) is 13.7. The number of rotatable bonds is 1. The topological polar surface area (TPSA) is 45.8 Å². The highest BCUT2D eigenvalue weighted by Gasteiger charge is 2.19. The molecule has 0 amide bonds. The SMILES string of the molecule is Cc1cccc(C)c1-c1nc2c(c(=O)[nH]1)CSC2. The van der Waals surface area contributed by atoms with Crippen molar-refractivity contribution in [1.82, 2.24) is 9.97 Å². The first-order valence-corrected chi connectivity index (χ1v) is 7.08. The number of thioether (sulfide) groups is 1. The number of hydrogen-bond donors (Lipinski definition) is 1. The number of aromatic amines is 1. The molecule has 2 aromatic rings. The summed E-state index contributed by atoms with van der Waals surface area (Å²) in [6.45, 7) is 4.09. The van der Waals surface area contributed by atoms with Gasteiger partial charge in [0.15, 0.2) is 0 Å². The monoisotopic (exact) mass is 258 g/mol. The third-order valence-corrected chi connectivity index (χ3v) is 4.27. The van der Waals surface area contributed by atoms with E-state index in [1.807, 2.05) is 32.0 Å². The summed E-state index contributed by atoms with van der Waals surface area (Å²) < 4.78 is 0. The number of benzene rings is 1. The number of nitrogens with zero attached hydrogens (tertiary/aromatic N) is 1. The van der Waals surface area contributed by atoms with Crippen molar-refractivity contribution >= 4 is 11.8 Å². The van der Waals surface area contributed by atoms with Crippen molar-refractivity contribution in [2.24, 2.45) is 0 Å². The predicted octanol–water partition coefficient (Wildman–Crippen LogP) is 2.80. The van der Waals surface area contributed by atoms with E-state index in [0.29, 0.717) is 5.82 Å². The number of aryl methyl sites for hydroxylation is 2. The summed E-state index contributed by atoms with van der Waals surface area (Å²) in [6.07, 6.45) is 0. The minimum Gasteiger partial charge on any atom is -0.306 e. The van der Waals surface area contributed by atoms with Gasteiger partial charge in [-0.1, -0.05) is 18.2 Å². The number of fused-ring (bicyclic) bond motifs is 1. The average Bonchev–Trinajstić information content (AvgIpc) is 2.77. The van der Waals surface area contributed by atoms with E-state index in [9.17, 15) is 4.79 Å². The summed E-state index contributed by atoms with van der Waals surface area (Å²) >= 11 is 1.75. The number of nitrogens with one attached hydrogen (secondary N) is 1. The molecule has 2 heterocycles. The molecule has 0 unspecified atom stereocenters. The van der Waals surface area contributed by atoms with E-state index in [1.54, 1.807) is 11.8 Å². The van der Waals surface area contributed by atoms with Gasteiger partial charge in [-0.3, -0.25) is 4.79 Å². The van der Waals surface area contributed by atoms with Gasteiger partial charge in [0.25, 0.3) is 5.56 Å². The second-order valence-electron chi connectivity index (χ2n) is 4.60. The molecule has 0 fully saturated rings. The van der Waals surface area contributed by atoms with Gasteiger partial charge in [-0.15, -0.1) is 0 Å². The smallest absolute Gasteiger partial charge is 0.255 e. The number of H-pyrrole nitrogens is 1. The fourth-order valence-corrected chi connectivity index (χ4v) is 3.40. The van der Waals surface area contributed by atoms with Crippen LogP contribution in [0.5, 0.6) is 0 Å². The maximum Gasteiger partial charge on any atom is 0.255 e. The fraction of sp³-hybridized carbons (Fsp3) is 0.286. The van der Waals surface area contributed by atoms with Gasteiger partial charge in [-0.05, 0) is 25.0 Å². The molecule has 0 atom stereocenters. The Labute approximate surface area is 110 Å². The molecule has 92 valence electrons. The lowest BCUT2D eigenvalue weighted by molar-refractivity contribution is 1.03. The number of hydrogen-bond acceptors (Lipinski definition) is 3. The Morgan fingerprint density at radius 3 is 2.67 bits per heavy atom. The van der Waals surface area contributed by atoms with E-state index in [0.717, 1.165) is 39.5 Å². The van der Waals surface area contributed by atoms with Crippen LogP contribution in [0, 0.1) is 13.8 Å². The minimum absolute atomic E-state index is 0.0163. The molecule has 1 aromatic carbocycles. The van der Waals surface area contributed by atoms with Gasteiger partial charge in [0.05, 0.1) is 5.69 Å². The molecule has 1 aromatic heterocycles. The van der Waals surface area contributed by atoms with Crippen LogP contribution >= 0.6 is 11.8 Å². The zero-order chi connectivity index (χ0) is 12.7. The van der Waals surface area contributed by atoms with Crippen molar-refractivity contribution in [2.75, 3.05) is 0 Å². The summed E-state index contributed by atoms with van der Waals surface area (Å²) in [6, 6.07) is 6.12. The Balaban J connectivity index is 2.25. The molecule has 4 heteroatoms. The summed E-state index contributed by atoms with van der Waals surface area (Å²) in [5.74, 6) is 2.33. The summed E-state index contributed by atoms with van der Waals surface area (Å²) in [7, 11) is 0. The van der Waals surface area contributed by atoms with Crippen LogP contribution in [-0.4, -0.2) is 9.97 Å². The standard InChI is InChI=1S/C14H14N2OS/c1-8-4-3-5-9(2)12(8)13-15-11-7-18-6-10(11)14(17)16-13/h3-5H,6-7H2,1-2H3,(H,15,16,17). The average molecular weight is 258 g/mol. The molecule has 3 rings (SSSR count). The molecular weight excluding hydrogens is 244 g/mol. The van der Waals surface area contributed by atoms with Gasteiger partial charge in [-0.2, -0.15) is 11.8 Å². The zero-order valence-electron chi connectivity index (χ0n) is 10.4. The van der Waals surface area contributed by atoms with Crippen LogP contribution in [-0.2, 0) is 11.5 Å². The lowest BCUT2D eigenvalue weighted by atomic mass is 10.0.